The van der Waals surface area contributed by atoms with Crippen LogP contribution >= 0.6 is 0 Å². The Morgan fingerprint density at radius 2 is 1.32 bits per heavy atom. The highest BCUT2D eigenvalue weighted by Gasteiger charge is 2.62. The average molecular weight is 266 g/mol. The lowest BCUT2D eigenvalue weighted by Gasteiger charge is -2.34. The van der Waals surface area contributed by atoms with Gasteiger partial charge in [0.1, 0.15) is 0 Å². The summed E-state index contributed by atoms with van der Waals surface area (Å²) >= 11 is 0. The molecule has 0 amide bonds. The van der Waals surface area contributed by atoms with Gasteiger partial charge in [0.25, 0.3) is 0 Å². The number of hydrogen-bond donors (Lipinski definition) is 0. The van der Waals surface area contributed by atoms with Crippen molar-refractivity contribution in [1.29, 1.82) is 0 Å². The fourth-order valence-electron chi connectivity index (χ4n) is 2.48. The van der Waals surface area contributed by atoms with Crippen LogP contribution in [0.2, 0.25) is 0 Å². The third-order valence-corrected chi connectivity index (χ3v) is 3.46. The molecule has 0 aromatic heterocycles. The summed E-state index contributed by atoms with van der Waals surface area (Å²) in [4.78, 5) is 0. The van der Waals surface area contributed by atoms with Crippen molar-refractivity contribution in [1.82, 2.24) is 0 Å². The number of rotatable bonds is 0. The second-order valence-electron chi connectivity index (χ2n) is 4.74. The first kappa shape index (κ1) is 12.2. The number of hydrogen-bond acceptors (Lipinski definition) is 0. The van der Waals surface area contributed by atoms with Gasteiger partial charge in [-0.2, -0.15) is 17.6 Å². The van der Waals surface area contributed by atoms with E-state index in [1.165, 1.54) is 18.2 Å². The molecule has 0 N–H and O–H groups in total. The normalized spacial score (nSPS) is 18.6. The summed E-state index contributed by atoms with van der Waals surface area (Å²) in [6, 6.07) is 9.70. The molecule has 1 aliphatic carbocycles. The van der Waals surface area contributed by atoms with Crippen molar-refractivity contribution in [2.24, 2.45) is 0 Å². The summed E-state index contributed by atoms with van der Waals surface area (Å²) in [6.45, 7) is 1.61. The number of aryl methyl sites for hydroxylation is 1. The Labute approximate surface area is 107 Å². The van der Waals surface area contributed by atoms with E-state index in [1.54, 1.807) is 19.1 Å². The predicted molar refractivity (Wildman–Crippen MR) is 64.4 cm³/mol. The lowest BCUT2D eigenvalue weighted by atomic mass is 9.80. The van der Waals surface area contributed by atoms with Crippen LogP contribution < -0.4 is 0 Å². The van der Waals surface area contributed by atoms with Crippen LogP contribution in [0, 0.1) is 6.92 Å². The highest BCUT2D eigenvalue weighted by Crippen LogP contribution is 2.57. The lowest BCUT2D eigenvalue weighted by molar-refractivity contribution is -0.225. The number of benzene rings is 2. The minimum Gasteiger partial charge on any atom is -0.194 e. The number of halogens is 4. The van der Waals surface area contributed by atoms with Gasteiger partial charge >= 0.3 is 11.8 Å². The Kier molecular flexibility index (Phi) is 2.31. The molecular weight excluding hydrogens is 256 g/mol. The van der Waals surface area contributed by atoms with Gasteiger partial charge in [-0.25, -0.2) is 0 Å². The molecule has 0 aliphatic heterocycles. The van der Waals surface area contributed by atoms with Gasteiger partial charge in [-0.15, -0.1) is 0 Å². The Hall–Kier alpha value is -1.84. The first-order chi connectivity index (χ1) is 8.85. The molecule has 1 aliphatic rings. The van der Waals surface area contributed by atoms with Crippen molar-refractivity contribution in [3.05, 3.63) is 59.2 Å². The second-order valence-corrected chi connectivity index (χ2v) is 4.74. The molecule has 0 saturated heterocycles. The van der Waals surface area contributed by atoms with Gasteiger partial charge < -0.3 is 0 Å². The standard InChI is InChI=1S/C15H10F4/c1-9-6-7-11-10-4-2-3-5-12(10)14(16,17)15(18,19)13(11)8-9/h2-8H,1H3. The van der Waals surface area contributed by atoms with Crippen LogP contribution in [0.1, 0.15) is 16.7 Å². The van der Waals surface area contributed by atoms with Crippen LogP contribution in [0.15, 0.2) is 42.5 Å². The highest BCUT2D eigenvalue weighted by atomic mass is 19.3. The van der Waals surface area contributed by atoms with Crippen molar-refractivity contribution in [3.8, 4) is 11.1 Å². The molecule has 19 heavy (non-hydrogen) atoms. The summed E-state index contributed by atoms with van der Waals surface area (Å²) in [6.07, 6.45) is 0. The van der Waals surface area contributed by atoms with E-state index in [1.807, 2.05) is 0 Å². The Morgan fingerprint density at radius 1 is 0.737 bits per heavy atom. The van der Waals surface area contributed by atoms with Gasteiger partial charge in [-0.3, -0.25) is 0 Å². The van der Waals surface area contributed by atoms with Crippen LogP contribution in [0.3, 0.4) is 0 Å². The van der Waals surface area contributed by atoms with Gasteiger partial charge in [0, 0.05) is 11.1 Å². The van der Waals surface area contributed by atoms with E-state index in [2.05, 4.69) is 0 Å². The molecular formula is C15H10F4. The van der Waals surface area contributed by atoms with Crippen LogP contribution in [-0.2, 0) is 11.8 Å². The summed E-state index contributed by atoms with van der Waals surface area (Å²) in [5.41, 5.74) is -0.327. The van der Waals surface area contributed by atoms with Crippen molar-refractivity contribution in [3.63, 3.8) is 0 Å². The second kappa shape index (κ2) is 3.59. The Balaban J connectivity index is 2.43. The minimum absolute atomic E-state index is 0.174. The number of alkyl halides is 4. The summed E-state index contributed by atoms with van der Waals surface area (Å²) in [7, 11) is 0. The zero-order valence-electron chi connectivity index (χ0n) is 10.1. The molecule has 0 spiro atoms. The first-order valence-electron chi connectivity index (χ1n) is 5.82. The van der Waals surface area contributed by atoms with Gasteiger partial charge in [0.2, 0.25) is 0 Å². The van der Waals surface area contributed by atoms with Crippen LogP contribution in [0.25, 0.3) is 11.1 Å². The van der Waals surface area contributed by atoms with Crippen LogP contribution in [0.4, 0.5) is 17.6 Å². The molecule has 2 aromatic carbocycles. The van der Waals surface area contributed by atoms with E-state index in [4.69, 9.17) is 0 Å². The summed E-state index contributed by atoms with van der Waals surface area (Å²) < 4.78 is 56.2. The fourth-order valence-corrected chi connectivity index (χ4v) is 2.48. The zero-order valence-corrected chi connectivity index (χ0v) is 10.1. The number of fused-ring (bicyclic) bond motifs is 3. The van der Waals surface area contributed by atoms with Crippen molar-refractivity contribution in [2.45, 2.75) is 18.8 Å². The average Bonchev–Trinajstić information content (AvgIpc) is 2.37. The van der Waals surface area contributed by atoms with E-state index in [-0.39, 0.29) is 11.1 Å². The van der Waals surface area contributed by atoms with E-state index in [0.29, 0.717) is 5.56 Å². The molecule has 0 unspecified atom stereocenters. The van der Waals surface area contributed by atoms with Crippen molar-refractivity contribution >= 4 is 0 Å². The molecule has 98 valence electrons. The molecule has 0 atom stereocenters. The molecule has 0 nitrogen and oxygen atoms in total. The van der Waals surface area contributed by atoms with E-state index >= 15 is 0 Å². The molecule has 2 aromatic rings. The van der Waals surface area contributed by atoms with Crippen molar-refractivity contribution in [2.75, 3.05) is 0 Å². The maximum atomic E-state index is 14.1. The first-order valence-corrected chi connectivity index (χ1v) is 5.82. The molecule has 0 bridgehead atoms. The summed E-state index contributed by atoms with van der Waals surface area (Å²) in [5, 5.41) is 0. The third kappa shape index (κ3) is 1.46. The van der Waals surface area contributed by atoms with Gasteiger partial charge in [0.05, 0.1) is 0 Å². The predicted octanol–water partition coefficient (Wildman–Crippen LogP) is 4.86. The molecule has 0 fully saturated rings. The Bertz CT molecular complexity index is 659. The van der Waals surface area contributed by atoms with E-state index in [9.17, 15) is 17.6 Å². The highest BCUT2D eigenvalue weighted by molar-refractivity contribution is 5.76. The quantitative estimate of drug-likeness (QED) is 0.597. The van der Waals surface area contributed by atoms with Gasteiger partial charge in [-0.1, -0.05) is 42.0 Å². The van der Waals surface area contributed by atoms with Crippen molar-refractivity contribution < 1.29 is 17.6 Å². The van der Waals surface area contributed by atoms with E-state index < -0.39 is 23.0 Å². The van der Waals surface area contributed by atoms with E-state index in [0.717, 1.165) is 12.1 Å². The Morgan fingerprint density at radius 3 is 2.05 bits per heavy atom. The molecule has 0 heterocycles. The molecule has 0 saturated carbocycles. The minimum atomic E-state index is -4.19. The third-order valence-electron chi connectivity index (χ3n) is 3.46. The monoisotopic (exact) mass is 266 g/mol. The lowest BCUT2D eigenvalue weighted by Crippen LogP contribution is -2.39. The van der Waals surface area contributed by atoms with Crippen LogP contribution in [0.5, 0.6) is 0 Å². The SMILES string of the molecule is Cc1ccc2c(c1)C(F)(F)C(F)(F)c1ccccc1-2. The fraction of sp³-hybridized carbons (Fsp3) is 0.200. The molecule has 4 heteroatoms. The van der Waals surface area contributed by atoms with Gasteiger partial charge in [-0.05, 0) is 24.1 Å². The maximum absolute atomic E-state index is 14.1. The smallest absolute Gasteiger partial charge is 0.194 e. The molecule has 3 rings (SSSR count). The topological polar surface area (TPSA) is 0 Å². The zero-order chi connectivity index (χ0) is 13.8. The largest absolute Gasteiger partial charge is 0.340 e. The maximum Gasteiger partial charge on any atom is 0.340 e. The molecule has 0 radical (unpaired) electrons. The van der Waals surface area contributed by atoms with Crippen LogP contribution in [-0.4, -0.2) is 0 Å². The van der Waals surface area contributed by atoms with Gasteiger partial charge in [0.15, 0.2) is 0 Å². The summed E-state index contributed by atoms with van der Waals surface area (Å²) in [5.74, 6) is -8.38.